The molecule has 6 aromatic carbocycles. The second kappa shape index (κ2) is 8.41. The van der Waals surface area contributed by atoms with Crippen molar-refractivity contribution in [1.29, 1.82) is 0 Å². The van der Waals surface area contributed by atoms with Crippen molar-refractivity contribution < 1.29 is 0 Å². The van der Waals surface area contributed by atoms with Gasteiger partial charge in [0.15, 0.2) is 0 Å². The van der Waals surface area contributed by atoms with E-state index in [4.69, 9.17) is 11.6 Å². The standard InChI is InChI=1S/C34H22ClN/c35-26-17-14-25(15-18-26)28-21-19-27(22-32(28)23-8-2-1-3-9-23)36-33-13-7-6-12-30(33)31-20-16-24-10-4-5-11-29(24)34(31)36/h1-22H. The van der Waals surface area contributed by atoms with Crippen molar-refractivity contribution in [2.45, 2.75) is 0 Å². The summed E-state index contributed by atoms with van der Waals surface area (Å²) in [6.45, 7) is 0. The fourth-order valence-corrected chi connectivity index (χ4v) is 5.53. The van der Waals surface area contributed by atoms with Gasteiger partial charge in [-0.05, 0) is 58.0 Å². The number of para-hydroxylation sites is 1. The first-order chi connectivity index (χ1) is 17.8. The average Bonchev–Trinajstić information content (AvgIpc) is 3.29. The van der Waals surface area contributed by atoms with E-state index in [0.29, 0.717) is 0 Å². The topological polar surface area (TPSA) is 4.93 Å². The van der Waals surface area contributed by atoms with Gasteiger partial charge in [-0.3, -0.25) is 0 Å². The van der Waals surface area contributed by atoms with Gasteiger partial charge in [-0.15, -0.1) is 0 Å². The molecule has 0 fully saturated rings. The number of benzene rings is 6. The molecular formula is C34H22ClN. The van der Waals surface area contributed by atoms with Crippen LogP contribution >= 0.6 is 11.6 Å². The van der Waals surface area contributed by atoms with E-state index in [1.54, 1.807) is 0 Å². The molecule has 0 saturated heterocycles. The summed E-state index contributed by atoms with van der Waals surface area (Å²) < 4.78 is 2.42. The van der Waals surface area contributed by atoms with Crippen LogP contribution in [0.3, 0.4) is 0 Å². The Bertz CT molecular complexity index is 1880. The number of hydrogen-bond acceptors (Lipinski definition) is 0. The van der Waals surface area contributed by atoms with Crippen LogP contribution in [0.5, 0.6) is 0 Å². The molecule has 7 aromatic rings. The van der Waals surface area contributed by atoms with Gasteiger partial charge in [-0.2, -0.15) is 0 Å². The molecule has 0 spiro atoms. The Morgan fingerprint density at radius 3 is 2.00 bits per heavy atom. The molecule has 170 valence electrons. The van der Waals surface area contributed by atoms with Gasteiger partial charge in [-0.1, -0.05) is 115 Å². The summed E-state index contributed by atoms with van der Waals surface area (Å²) in [5, 5.41) is 5.78. The van der Waals surface area contributed by atoms with Gasteiger partial charge in [-0.25, -0.2) is 0 Å². The van der Waals surface area contributed by atoms with Crippen LogP contribution in [-0.4, -0.2) is 4.57 Å². The summed E-state index contributed by atoms with van der Waals surface area (Å²) in [6, 6.07) is 47.4. The molecule has 1 aromatic heterocycles. The van der Waals surface area contributed by atoms with E-state index in [9.17, 15) is 0 Å². The number of hydrogen-bond donors (Lipinski definition) is 0. The first-order valence-electron chi connectivity index (χ1n) is 12.1. The zero-order chi connectivity index (χ0) is 24.1. The maximum atomic E-state index is 6.20. The lowest BCUT2D eigenvalue weighted by Gasteiger charge is -2.16. The monoisotopic (exact) mass is 479 g/mol. The molecule has 1 heterocycles. The van der Waals surface area contributed by atoms with Gasteiger partial charge in [0.25, 0.3) is 0 Å². The van der Waals surface area contributed by atoms with E-state index in [1.165, 1.54) is 49.3 Å². The summed E-state index contributed by atoms with van der Waals surface area (Å²) in [7, 11) is 0. The van der Waals surface area contributed by atoms with Crippen LogP contribution in [0.2, 0.25) is 5.02 Å². The van der Waals surface area contributed by atoms with Crippen molar-refractivity contribution in [3.8, 4) is 27.9 Å². The molecule has 0 radical (unpaired) electrons. The van der Waals surface area contributed by atoms with Crippen LogP contribution in [0, 0.1) is 0 Å². The Balaban J connectivity index is 1.57. The van der Waals surface area contributed by atoms with E-state index >= 15 is 0 Å². The summed E-state index contributed by atoms with van der Waals surface area (Å²) in [4.78, 5) is 0. The molecular weight excluding hydrogens is 458 g/mol. The van der Waals surface area contributed by atoms with Crippen molar-refractivity contribution in [3.63, 3.8) is 0 Å². The van der Waals surface area contributed by atoms with Gasteiger partial charge in [0, 0.05) is 26.9 Å². The van der Waals surface area contributed by atoms with Gasteiger partial charge in [0.2, 0.25) is 0 Å². The first kappa shape index (κ1) is 21.0. The van der Waals surface area contributed by atoms with Crippen molar-refractivity contribution in [2.75, 3.05) is 0 Å². The second-order valence-corrected chi connectivity index (χ2v) is 9.57. The molecule has 0 saturated carbocycles. The Hall–Kier alpha value is -4.33. The quantitative estimate of drug-likeness (QED) is 0.237. The third-order valence-corrected chi connectivity index (χ3v) is 7.31. The van der Waals surface area contributed by atoms with E-state index in [2.05, 4.69) is 126 Å². The molecule has 0 atom stereocenters. The molecule has 0 unspecified atom stereocenters. The summed E-state index contributed by atoms with van der Waals surface area (Å²) in [5.74, 6) is 0. The van der Waals surface area contributed by atoms with Gasteiger partial charge in [0.1, 0.15) is 0 Å². The van der Waals surface area contributed by atoms with Crippen LogP contribution in [-0.2, 0) is 0 Å². The van der Waals surface area contributed by atoms with Crippen LogP contribution < -0.4 is 0 Å². The molecule has 2 heteroatoms. The maximum Gasteiger partial charge on any atom is 0.0619 e. The maximum absolute atomic E-state index is 6.20. The third-order valence-electron chi connectivity index (χ3n) is 7.06. The highest BCUT2D eigenvalue weighted by atomic mass is 35.5. The smallest absolute Gasteiger partial charge is 0.0619 e. The Kier molecular flexibility index (Phi) is 4.90. The summed E-state index contributed by atoms with van der Waals surface area (Å²) in [6.07, 6.45) is 0. The largest absolute Gasteiger partial charge is 0.309 e. The van der Waals surface area contributed by atoms with E-state index in [1.807, 2.05) is 12.1 Å². The lowest BCUT2D eigenvalue weighted by molar-refractivity contribution is 1.19. The number of rotatable bonds is 3. The minimum absolute atomic E-state index is 0.744. The van der Waals surface area contributed by atoms with Crippen molar-refractivity contribution in [2.24, 2.45) is 0 Å². The van der Waals surface area contributed by atoms with Crippen LogP contribution in [0.15, 0.2) is 133 Å². The van der Waals surface area contributed by atoms with Gasteiger partial charge in [0.05, 0.1) is 11.0 Å². The molecule has 36 heavy (non-hydrogen) atoms. The molecule has 0 amide bonds. The number of aromatic nitrogens is 1. The van der Waals surface area contributed by atoms with Crippen molar-refractivity contribution in [3.05, 3.63) is 138 Å². The van der Waals surface area contributed by atoms with E-state index < -0.39 is 0 Å². The van der Waals surface area contributed by atoms with Crippen molar-refractivity contribution in [1.82, 2.24) is 4.57 Å². The minimum atomic E-state index is 0.744. The van der Waals surface area contributed by atoms with Crippen LogP contribution in [0.1, 0.15) is 0 Å². The Morgan fingerprint density at radius 2 is 1.17 bits per heavy atom. The van der Waals surface area contributed by atoms with E-state index in [0.717, 1.165) is 16.3 Å². The molecule has 0 aliphatic heterocycles. The molecule has 0 bridgehead atoms. The predicted octanol–water partition coefficient (Wildman–Crippen LogP) is 9.92. The lowest BCUT2D eigenvalue weighted by Crippen LogP contribution is -1.96. The first-order valence-corrected chi connectivity index (χ1v) is 12.5. The van der Waals surface area contributed by atoms with Crippen LogP contribution in [0.25, 0.3) is 60.5 Å². The van der Waals surface area contributed by atoms with Crippen LogP contribution in [0.4, 0.5) is 0 Å². The average molecular weight is 480 g/mol. The zero-order valence-corrected chi connectivity index (χ0v) is 20.3. The highest BCUT2D eigenvalue weighted by Gasteiger charge is 2.16. The highest BCUT2D eigenvalue weighted by Crippen LogP contribution is 2.39. The minimum Gasteiger partial charge on any atom is -0.309 e. The normalized spacial score (nSPS) is 11.5. The third kappa shape index (κ3) is 3.32. The van der Waals surface area contributed by atoms with E-state index in [-0.39, 0.29) is 0 Å². The fraction of sp³-hybridized carbons (Fsp3) is 0. The molecule has 0 aliphatic rings. The zero-order valence-electron chi connectivity index (χ0n) is 19.5. The molecule has 0 N–H and O–H groups in total. The fourth-order valence-electron chi connectivity index (χ4n) is 5.41. The lowest BCUT2D eigenvalue weighted by atomic mass is 9.94. The predicted molar refractivity (Wildman–Crippen MR) is 154 cm³/mol. The summed E-state index contributed by atoms with van der Waals surface area (Å²) in [5.41, 5.74) is 8.32. The Morgan fingerprint density at radius 1 is 0.472 bits per heavy atom. The number of fused-ring (bicyclic) bond motifs is 5. The molecule has 1 nitrogen and oxygen atoms in total. The molecule has 0 aliphatic carbocycles. The second-order valence-electron chi connectivity index (χ2n) is 9.14. The van der Waals surface area contributed by atoms with Crippen molar-refractivity contribution >= 4 is 44.2 Å². The number of nitrogens with zero attached hydrogens (tertiary/aromatic N) is 1. The summed E-state index contributed by atoms with van der Waals surface area (Å²) >= 11 is 6.20. The number of halogens is 1. The van der Waals surface area contributed by atoms with Gasteiger partial charge >= 0.3 is 0 Å². The Labute approximate surface area is 214 Å². The molecule has 7 rings (SSSR count). The SMILES string of the molecule is Clc1ccc(-c2ccc(-n3c4ccccc4c4ccc5ccccc5c43)cc2-c2ccccc2)cc1. The van der Waals surface area contributed by atoms with Gasteiger partial charge < -0.3 is 4.57 Å². The highest BCUT2D eigenvalue weighted by molar-refractivity contribution is 6.30.